The van der Waals surface area contributed by atoms with Crippen molar-refractivity contribution in [2.45, 2.75) is 37.9 Å². The first-order valence-corrected chi connectivity index (χ1v) is 10.2. The van der Waals surface area contributed by atoms with Gasteiger partial charge >= 0.3 is 0 Å². The van der Waals surface area contributed by atoms with Gasteiger partial charge in [0.05, 0.1) is 24.4 Å². The molecule has 2 fully saturated rings. The summed E-state index contributed by atoms with van der Waals surface area (Å²) in [5.74, 6) is 0.899. The molecule has 0 N–H and O–H groups in total. The molecule has 0 radical (unpaired) electrons. The van der Waals surface area contributed by atoms with Crippen molar-refractivity contribution in [2.24, 2.45) is 0 Å². The van der Waals surface area contributed by atoms with Crippen LogP contribution in [-0.4, -0.2) is 80.3 Å². The minimum atomic E-state index is -0.428. The van der Waals surface area contributed by atoms with Crippen LogP contribution >= 0.6 is 0 Å². The maximum absolute atomic E-state index is 13.1. The fourth-order valence-corrected chi connectivity index (χ4v) is 4.61. The fraction of sp³-hybridized carbons (Fsp3) is 0.667. The van der Waals surface area contributed by atoms with E-state index in [0.29, 0.717) is 6.54 Å². The largest absolute Gasteiger partial charge is 0.477 e. The van der Waals surface area contributed by atoms with Gasteiger partial charge in [0, 0.05) is 33.2 Å². The molecule has 1 spiro atoms. The number of benzene rings is 1. The molecular formula is C21H31N3O3. The van der Waals surface area contributed by atoms with Crippen molar-refractivity contribution >= 4 is 11.6 Å². The van der Waals surface area contributed by atoms with Gasteiger partial charge in [-0.15, -0.1) is 0 Å². The first-order chi connectivity index (χ1) is 13.1. The maximum atomic E-state index is 13.1. The number of carbonyl (C=O) groups is 1. The second-order valence-corrected chi connectivity index (χ2v) is 8.09. The number of hydrogen-bond acceptors (Lipinski definition) is 5. The zero-order valence-corrected chi connectivity index (χ0v) is 16.5. The summed E-state index contributed by atoms with van der Waals surface area (Å²) in [6, 6.07) is 7.92. The summed E-state index contributed by atoms with van der Waals surface area (Å²) in [5.41, 5.74) is 0.979. The number of nitrogens with zero attached hydrogens (tertiary/aromatic N) is 3. The summed E-state index contributed by atoms with van der Waals surface area (Å²) < 4.78 is 12.2. The smallest absolute Gasteiger partial charge is 0.265 e. The quantitative estimate of drug-likeness (QED) is 0.811. The number of likely N-dealkylation sites (tertiary alicyclic amines) is 1. The number of fused-ring (bicyclic) bond motifs is 1. The van der Waals surface area contributed by atoms with Crippen LogP contribution in [0.2, 0.25) is 0 Å². The van der Waals surface area contributed by atoms with Crippen molar-refractivity contribution in [3.8, 4) is 5.75 Å². The predicted molar refractivity (Wildman–Crippen MR) is 105 cm³/mol. The van der Waals surface area contributed by atoms with E-state index in [1.165, 1.54) is 6.42 Å². The van der Waals surface area contributed by atoms with E-state index >= 15 is 0 Å². The fourth-order valence-electron chi connectivity index (χ4n) is 4.61. The normalized spacial score (nSPS) is 25.2. The molecule has 1 amide bonds. The first kappa shape index (κ1) is 18.6. The van der Waals surface area contributed by atoms with Crippen molar-refractivity contribution in [3.63, 3.8) is 0 Å². The molecule has 0 bridgehead atoms. The lowest BCUT2D eigenvalue weighted by Gasteiger charge is -2.48. The molecule has 2 saturated heterocycles. The van der Waals surface area contributed by atoms with E-state index in [4.69, 9.17) is 9.47 Å². The van der Waals surface area contributed by atoms with Crippen LogP contribution in [0.25, 0.3) is 0 Å². The SMILES string of the molecule is CCCN1CCOC2(CCN(C(=O)C3CN(C)c4ccccc4O3)CC2)C1. The van der Waals surface area contributed by atoms with Crippen LogP contribution < -0.4 is 9.64 Å². The maximum Gasteiger partial charge on any atom is 0.265 e. The number of morpholine rings is 1. The molecule has 6 nitrogen and oxygen atoms in total. The molecule has 3 aliphatic heterocycles. The van der Waals surface area contributed by atoms with E-state index in [2.05, 4.69) is 16.7 Å². The van der Waals surface area contributed by atoms with Gasteiger partial charge in [0.15, 0.2) is 6.10 Å². The lowest BCUT2D eigenvalue weighted by molar-refractivity contribution is -0.155. The van der Waals surface area contributed by atoms with Gasteiger partial charge in [-0.05, 0) is 37.9 Å². The molecule has 148 valence electrons. The zero-order valence-electron chi connectivity index (χ0n) is 16.5. The number of para-hydroxylation sites is 2. The standard InChI is InChI=1S/C21H31N3O3/c1-3-10-23-13-14-26-21(16-23)8-11-24(12-9-21)20(25)19-15-22(2)17-6-4-5-7-18(17)27-19/h4-7,19H,3,8-16H2,1-2H3. The number of carbonyl (C=O) groups excluding carboxylic acids is 1. The minimum absolute atomic E-state index is 0.0684. The number of hydrogen-bond donors (Lipinski definition) is 0. The Morgan fingerprint density at radius 3 is 2.78 bits per heavy atom. The molecule has 1 aromatic rings. The van der Waals surface area contributed by atoms with Crippen LogP contribution in [0.15, 0.2) is 24.3 Å². The molecule has 1 unspecified atom stereocenters. The Bertz CT molecular complexity index is 670. The Morgan fingerprint density at radius 2 is 2.00 bits per heavy atom. The summed E-state index contributed by atoms with van der Waals surface area (Å²) in [4.78, 5) is 19.7. The Balaban J connectivity index is 1.37. The number of anilines is 1. The van der Waals surface area contributed by atoms with Crippen molar-refractivity contribution < 1.29 is 14.3 Å². The highest BCUT2D eigenvalue weighted by atomic mass is 16.5. The Morgan fingerprint density at radius 1 is 1.22 bits per heavy atom. The third-order valence-electron chi connectivity index (χ3n) is 6.11. The monoisotopic (exact) mass is 373 g/mol. The third-order valence-corrected chi connectivity index (χ3v) is 6.11. The van der Waals surface area contributed by atoms with Crippen LogP contribution in [0.5, 0.6) is 5.75 Å². The van der Waals surface area contributed by atoms with Crippen LogP contribution in [0.3, 0.4) is 0 Å². The number of likely N-dealkylation sites (N-methyl/N-ethyl adjacent to an activating group) is 1. The molecule has 27 heavy (non-hydrogen) atoms. The van der Waals surface area contributed by atoms with E-state index in [9.17, 15) is 4.79 Å². The lowest BCUT2D eigenvalue weighted by Crippen LogP contribution is -2.59. The van der Waals surface area contributed by atoms with E-state index in [0.717, 1.165) is 63.6 Å². The number of ether oxygens (including phenoxy) is 2. The van der Waals surface area contributed by atoms with Gasteiger partial charge in [-0.2, -0.15) is 0 Å². The number of piperidine rings is 1. The lowest BCUT2D eigenvalue weighted by atomic mass is 9.89. The Kier molecular flexibility index (Phi) is 5.28. The van der Waals surface area contributed by atoms with Crippen LogP contribution in [0, 0.1) is 0 Å². The highest BCUT2D eigenvalue weighted by Crippen LogP contribution is 2.34. The minimum Gasteiger partial charge on any atom is -0.477 e. The predicted octanol–water partition coefficient (Wildman–Crippen LogP) is 1.99. The van der Waals surface area contributed by atoms with Gasteiger partial charge in [0.2, 0.25) is 0 Å². The first-order valence-electron chi connectivity index (χ1n) is 10.2. The van der Waals surface area contributed by atoms with Crippen molar-refractivity contribution in [2.75, 3.05) is 57.8 Å². The van der Waals surface area contributed by atoms with Gasteiger partial charge in [0.25, 0.3) is 5.91 Å². The van der Waals surface area contributed by atoms with E-state index in [1.807, 2.05) is 36.2 Å². The summed E-state index contributed by atoms with van der Waals surface area (Å²) in [7, 11) is 2.02. The van der Waals surface area contributed by atoms with Gasteiger partial charge in [-0.25, -0.2) is 0 Å². The number of rotatable bonds is 3. The Hall–Kier alpha value is -1.79. The van der Waals surface area contributed by atoms with Gasteiger partial charge in [-0.1, -0.05) is 19.1 Å². The van der Waals surface area contributed by atoms with Gasteiger partial charge < -0.3 is 19.3 Å². The van der Waals surface area contributed by atoms with Crippen LogP contribution in [0.1, 0.15) is 26.2 Å². The van der Waals surface area contributed by atoms with Crippen molar-refractivity contribution in [1.82, 2.24) is 9.80 Å². The molecule has 0 saturated carbocycles. The summed E-state index contributed by atoms with van der Waals surface area (Å²) in [6.07, 6.45) is 2.58. The molecule has 0 aliphatic carbocycles. The van der Waals surface area contributed by atoms with Gasteiger partial charge in [0.1, 0.15) is 5.75 Å². The second kappa shape index (κ2) is 7.68. The summed E-state index contributed by atoms with van der Waals surface area (Å²) in [6.45, 7) is 8.30. The van der Waals surface area contributed by atoms with Crippen LogP contribution in [0.4, 0.5) is 5.69 Å². The molecular weight excluding hydrogens is 342 g/mol. The van der Waals surface area contributed by atoms with E-state index < -0.39 is 6.10 Å². The molecule has 4 rings (SSSR count). The van der Waals surface area contributed by atoms with Gasteiger partial charge in [-0.3, -0.25) is 9.69 Å². The topological polar surface area (TPSA) is 45.2 Å². The van der Waals surface area contributed by atoms with E-state index in [-0.39, 0.29) is 11.5 Å². The summed E-state index contributed by atoms with van der Waals surface area (Å²) >= 11 is 0. The Labute approximate surface area is 162 Å². The second-order valence-electron chi connectivity index (χ2n) is 8.09. The molecule has 6 heteroatoms. The highest BCUT2D eigenvalue weighted by molar-refractivity contribution is 5.83. The van der Waals surface area contributed by atoms with E-state index in [1.54, 1.807) is 0 Å². The number of amides is 1. The third kappa shape index (κ3) is 3.78. The van der Waals surface area contributed by atoms with Crippen molar-refractivity contribution in [1.29, 1.82) is 0 Å². The van der Waals surface area contributed by atoms with Crippen molar-refractivity contribution in [3.05, 3.63) is 24.3 Å². The molecule has 3 aliphatic rings. The average Bonchev–Trinajstić information content (AvgIpc) is 2.68. The molecule has 1 atom stereocenters. The molecule has 0 aromatic heterocycles. The zero-order chi connectivity index (χ0) is 18.9. The molecule has 1 aromatic carbocycles. The highest BCUT2D eigenvalue weighted by Gasteiger charge is 2.42. The average molecular weight is 373 g/mol. The summed E-state index contributed by atoms with van der Waals surface area (Å²) in [5, 5.41) is 0. The molecule has 3 heterocycles. The van der Waals surface area contributed by atoms with Crippen LogP contribution in [-0.2, 0) is 9.53 Å².